The third-order valence-electron chi connectivity index (χ3n) is 10.4. The van der Waals surface area contributed by atoms with Crippen molar-refractivity contribution in [3.05, 3.63) is 168 Å². The lowest BCUT2D eigenvalue weighted by Crippen LogP contribution is -2.11. The molecule has 3 aromatic heterocycles. The van der Waals surface area contributed by atoms with E-state index in [2.05, 4.69) is 34.2 Å². The van der Waals surface area contributed by atoms with Crippen LogP contribution in [0.1, 0.15) is 47.2 Å². The molecule has 54 heavy (non-hydrogen) atoms. The zero-order chi connectivity index (χ0) is 36.8. The Balaban J connectivity index is 1.54. The van der Waals surface area contributed by atoms with Crippen molar-refractivity contribution in [2.24, 2.45) is 0 Å². The second-order valence-electron chi connectivity index (χ2n) is 13.5. The minimum absolute atomic E-state index is 0.366. The van der Waals surface area contributed by atoms with E-state index in [1.54, 1.807) is 14.2 Å². The van der Waals surface area contributed by atoms with Crippen LogP contribution in [0.2, 0.25) is 0 Å². The topological polar surface area (TPSA) is 116 Å². The summed E-state index contributed by atoms with van der Waals surface area (Å²) in [5, 5.41) is 23.9. The third-order valence-corrected chi connectivity index (χ3v) is 10.4. The summed E-state index contributed by atoms with van der Waals surface area (Å²) in [6.07, 6.45) is -3.70. The molecule has 0 fully saturated rings. The van der Waals surface area contributed by atoms with Gasteiger partial charge in [0, 0.05) is 58.5 Å². The molecule has 8 heteroatoms. The molecular formula is C46H38N4O4. The van der Waals surface area contributed by atoms with Crippen LogP contribution in [0.15, 0.2) is 146 Å². The first-order valence-corrected chi connectivity index (χ1v) is 18.0. The van der Waals surface area contributed by atoms with E-state index in [1.165, 1.54) is 0 Å². The molecule has 0 saturated heterocycles. The standard InChI is InChI=1S/C46H38N4O4/c1-53-45-41-37(29-19-11-5-12-20-29)33-25-23-31(47-33)35(27-15-7-3-8-16-27)39-43(51)44(52)40(49-39)36(28-17-9-4-10-18-28)32-24-26-34(48-32)38(30-21-13-6-14-22-30)42(50-41)46(45)54-2/h3-26,43-48,51-52H,1-2H3/t43-,44+,45-,46+. The zero-order valence-corrected chi connectivity index (χ0v) is 29.8. The summed E-state index contributed by atoms with van der Waals surface area (Å²) in [6, 6.07) is 48.0. The van der Waals surface area contributed by atoms with E-state index in [-0.39, 0.29) is 0 Å². The lowest BCUT2D eigenvalue weighted by atomic mass is 9.97. The highest BCUT2D eigenvalue weighted by Gasteiger charge is 2.38. The summed E-state index contributed by atoms with van der Waals surface area (Å²) in [5.41, 5.74) is 11.8. The zero-order valence-electron chi connectivity index (χ0n) is 29.8. The summed E-state index contributed by atoms with van der Waals surface area (Å²) in [6.45, 7) is 0. The van der Waals surface area contributed by atoms with Gasteiger partial charge in [0.05, 0.1) is 22.8 Å². The minimum atomic E-state index is -1.30. The number of aromatic nitrogens is 4. The Hall–Kier alpha value is -6.16. The molecule has 4 atom stereocenters. The van der Waals surface area contributed by atoms with Crippen LogP contribution < -0.4 is 0 Å². The molecule has 0 aliphatic carbocycles. The van der Waals surface area contributed by atoms with Crippen molar-refractivity contribution in [3.63, 3.8) is 0 Å². The van der Waals surface area contributed by atoms with E-state index < -0.39 is 24.4 Å². The van der Waals surface area contributed by atoms with Gasteiger partial charge in [-0.3, -0.25) is 9.97 Å². The lowest BCUT2D eigenvalue weighted by Gasteiger charge is -2.20. The molecule has 8 bridgehead atoms. The minimum Gasteiger partial charge on any atom is -0.384 e. The fourth-order valence-electron chi connectivity index (χ4n) is 7.94. The van der Waals surface area contributed by atoms with Gasteiger partial charge < -0.3 is 29.7 Å². The molecule has 0 saturated carbocycles. The molecule has 7 aromatic rings. The number of aromatic amines is 2. The Bertz CT molecular complexity index is 2440. The van der Waals surface area contributed by atoms with Gasteiger partial charge in [-0.1, -0.05) is 121 Å². The normalized spacial score (nSPS) is 18.1. The second kappa shape index (κ2) is 14.0. The maximum absolute atomic E-state index is 11.9. The van der Waals surface area contributed by atoms with Gasteiger partial charge in [0.25, 0.3) is 0 Å². The summed E-state index contributed by atoms with van der Waals surface area (Å²) >= 11 is 0. The van der Waals surface area contributed by atoms with Crippen LogP contribution in [0, 0.1) is 0 Å². The summed E-state index contributed by atoms with van der Waals surface area (Å²) < 4.78 is 12.6. The van der Waals surface area contributed by atoms with Gasteiger partial charge in [0.1, 0.15) is 24.4 Å². The number of benzene rings is 4. The molecule has 0 spiro atoms. The first-order valence-electron chi connectivity index (χ1n) is 18.0. The van der Waals surface area contributed by atoms with Gasteiger partial charge in [-0.25, -0.2) is 0 Å². The highest BCUT2D eigenvalue weighted by Crippen LogP contribution is 2.48. The fraction of sp³-hybridized carbons (Fsp3) is 0.130. The average molecular weight is 711 g/mol. The quantitative estimate of drug-likeness (QED) is 0.137. The van der Waals surface area contributed by atoms with Gasteiger partial charge in [-0.2, -0.15) is 0 Å². The first kappa shape index (κ1) is 33.7. The summed E-state index contributed by atoms with van der Waals surface area (Å²) in [4.78, 5) is 18.0. The van der Waals surface area contributed by atoms with E-state index >= 15 is 0 Å². The molecule has 266 valence electrons. The fourth-order valence-corrected chi connectivity index (χ4v) is 7.94. The molecule has 0 amide bonds. The van der Waals surface area contributed by atoms with Crippen molar-refractivity contribution in [2.45, 2.75) is 24.4 Å². The lowest BCUT2D eigenvalue weighted by molar-refractivity contribution is -0.0325. The monoisotopic (exact) mass is 710 g/mol. The van der Waals surface area contributed by atoms with Crippen LogP contribution in [0.5, 0.6) is 0 Å². The van der Waals surface area contributed by atoms with Gasteiger partial charge in [-0.05, 0) is 46.5 Å². The Morgan fingerprint density at radius 3 is 0.926 bits per heavy atom. The molecule has 9 rings (SSSR count). The number of nitrogens with zero attached hydrogens (tertiary/aromatic N) is 2. The number of aliphatic hydroxyl groups is 2. The number of ether oxygens (including phenoxy) is 2. The van der Waals surface area contributed by atoms with Crippen LogP contribution in [-0.4, -0.2) is 44.4 Å². The number of hydrogen-bond donors (Lipinski definition) is 4. The maximum Gasteiger partial charge on any atom is 0.132 e. The number of rotatable bonds is 6. The van der Waals surface area contributed by atoms with E-state index in [0.29, 0.717) is 33.9 Å². The largest absolute Gasteiger partial charge is 0.384 e. The highest BCUT2D eigenvalue weighted by atomic mass is 16.5. The van der Waals surface area contributed by atoms with Crippen molar-refractivity contribution in [3.8, 4) is 44.5 Å². The van der Waals surface area contributed by atoms with Crippen molar-refractivity contribution < 1.29 is 19.7 Å². The average Bonchev–Trinajstić information content (AvgIpc) is 4.02. The molecule has 2 aliphatic rings. The predicted octanol–water partition coefficient (Wildman–Crippen LogP) is 9.82. The van der Waals surface area contributed by atoms with Crippen LogP contribution in [0.25, 0.3) is 66.6 Å². The Morgan fingerprint density at radius 1 is 0.389 bits per heavy atom. The number of H-pyrrole nitrogens is 2. The molecule has 5 heterocycles. The van der Waals surface area contributed by atoms with Gasteiger partial charge in [-0.15, -0.1) is 0 Å². The Morgan fingerprint density at radius 2 is 0.648 bits per heavy atom. The number of aliphatic hydroxyl groups excluding tert-OH is 2. The molecule has 0 radical (unpaired) electrons. The summed E-state index contributed by atoms with van der Waals surface area (Å²) in [7, 11) is 3.38. The van der Waals surface area contributed by atoms with Gasteiger partial charge in [0.15, 0.2) is 0 Å². The summed E-state index contributed by atoms with van der Waals surface area (Å²) in [5.74, 6) is 0. The SMILES string of the molecule is CO[C@@H]1c2nc(c(-c3ccccc3)c3ccc([nH]3)c(-c3ccccc3)c3nc(c(-c4ccccc4)c4ccc([nH]4)c2-c2ccccc2)[C@@H](O)[C@H]3O)[C@@H]1OC. The molecule has 4 N–H and O–H groups in total. The molecule has 2 aliphatic heterocycles. The van der Waals surface area contributed by atoms with Crippen LogP contribution in [0.4, 0.5) is 0 Å². The van der Waals surface area contributed by atoms with E-state index in [9.17, 15) is 10.2 Å². The van der Waals surface area contributed by atoms with E-state index in [4.69, 9.17) is 19.4 Å². The molecule has 8 nitrogen and oxygen atoms in total. The maximum atomic E-state index is 11.9. The van der Waals surface area contributed by atoms with Crippen LogP contribution >= 0.6 is 0 Å². The number of hydrogen-bond acceptors (Lipinski definition) is 6. The molecule has 0 unspecified atom stereocenters. The Kier molecular flexibility index (Phi) is 8.73. The third kappa shape index (κ3) is 5.64. The second-order valence-corrected chi connectivity index (χ2v) is 13.5. The van der Waals surface area contributed by atoms with Crippen molar-refractivity contribution in [2.75, 3.05) is 14.2 Å². The molecular weight excluding hydrogens is 673 g/mol. The van der Waals surface area contributed by atoms with E-state index in [1.807, 2.05) is 121 Å². The van der Waals surface area contributed by atoms with Crippen LogP contribution in [-0.2, 0) is 9.47 Å². The smallest absolute Gasteiger partial charge is 0.132 e. The Labute approximate surface area is 312 Å². The van der Waals surface area contributed by atoms with Gasteiger partial charge in [0.2, 0.25) is 0 Å². The van der Waals surface area contributed by atoms with Crippen LogP contribution in [0.3, 0.4) is 0 Å². The van der Waals surface area contributed by atoms with E-state index in [0.717, 1.165) is 55.4 Å². The van der Waals surface area contributed by atoms with Crippen molar-refractivity contribution >= 4 is 22.1 Å². The number of methoxy groups -OCH3 is 2. The molecule has 4 aromatic carbocycles. The number of fused-ring (bicyclic) bond motifs is 8. The van der Waals surface area contributed by atoms with Crippen molar-refractivity contribution in [1.82, 2.24) is 19.9 Å². The predicted molar refractivity (Wildman–Crippen MR) is 212 cm³/mol. The first-order chi connectivity index (χ1) is 26.6. The number of nitrogens with one attached hydrogen (secondary N) is 2. The van der Waals surface area contributed by atoms with Crippen molar-refractivity contribution in [1.29, 1.82) is 0 Å². The highest BCUT2D eigenvalue weighted by molar-refractivity contribution is 5.92. The van der Waals surface area contributed by atoms with Gasteiger partial charge >= 0.3 is 0 Å².